The van der Waals surface area contributed by atoms with Gasteiger partial charge in [0.2, 0.25) is 0 Å². The zero-order valence-electron chi connectivity index (χ0n) is 16.0. The van der Waals surface area contributed by atoms with Crippen LogP contribution in [0.1, 0.15) is 21.5 Å². The summed E-state index contributed by atoms with van der Waals surface area (Å²) in [5, 5.41) is 10.5. The first-order valence-corrected chi connectivity index (χ1v) is 9.52. The van der Waals surface area contributed by atoms with Crippen LogP contribution in [0.25, 0.3) is 0 Å². The van der Waals surface area contributed by atoms with Gasteiger partial charge in [-0.15, -0.1) is 0 Å². The van der Waals surface area contributed by atoms with E-state index in [0.29, 0.717) is 12.1 Å². The molecular formula is C24H22N4O. The van der Waals surface area contributed by atoms with E-state index in [2.05, 4.69) is 27.9 Å². The van der Waals surface area contributed by atoms with Crippen LogP contribution in [0.3, 0.4) is 0 Å². The predicted octanol–water partition coefficient (Wildman–Crippen LogP) is 4.61. The molecule has 5 heteroatoms. The molecule has 0 bridgehead atoms. The Kier molecular flexibility index (Phi) is 5.67. The molecule has 144 valence electrons. The topological polar surface area (TPSA) is 59.0 Å². The highest BCUT2D eigenvalue weighted by atomic mass is 16.1. The summed E-state index contributed by atoms with van der Waals surface area (Å²) < 4.78 is 1.88. The van der Waals surface area contributed by atoms with Crippen molar-refractivity contribution >= 4 is 17.3 Å². The van der Waals surface area contributed by atoms with Gasteiger partial charge in [-0.25, -0.2) is 0 Å². The summed E-state index contributed by atoms with van der Waals surface area (Å²) >= 11 is 0. The third-order valence-electron chi connectivity index (χ3n) is 4.60. The van der Waals surface area contributed by atoms with Gasteiger partial charge in [0, 0.05) is 24.6 Å². The minimum atomic E-state index is -0.107. The lowest BCUT2D eigenvalue weighted by atomic mass is 10.1. The first-order valence-electron chi connectivity index (χ1n) is 9.52. The molecule has 4 aromatic rings. The molecule has 3 aromatic carbocycles. The maximum Gasteiger partial charge on any atom is 0.253 e. The minimum absolute atomic E-state index is 0.107. The number of benzene rings is 3. The summed E-state index contributed by atoms with van der Waals surface area (Å²) in [6, 6.07) is 27.5. The molecule has 0 aliphatic carbocycles. The fourth-order valence-corrected chi connectivity index (χ4v) is 3.09. The lowest BCUT2D eigenvalue weighted by Crippen LogP contribution is -2.23. The molecule has 0 aliphatic heterocycles. The van der Waals surface area contributed by atoms with Crippen LogP contribution in [0.2, 0.25) is 0 Å². The Balaban J connectivity index is 1.38. The van der Waals surface area contributed by atoms with E-state index in [9.17, 15) is 4.79 Å². The summed E-state index contributed by atoms with van der Waals surface area (Å²) in [6.45, 7) is 1.21. The van der Waals surface area contributed by atoms with Crippen LogP contribution in [-0.4, -0.2) is 15.7 Å². The van der Waals surface area contributed by atoms with Crippen molar-refractivity contribution in [1.29, 1.82) is 0 Å². The molecule has 0 unspecified atom stereocenters. The molecule has 29 heavy (non-hydrogen) atoms. The summed E-state index contributed by atoms with van der Waals surface area (Å²) in [4.78, 5) is 12.7. The van der Waals surface area contributed by atoms with Crippen molar-refractivity contribution < 1.29 is 4.79 Å². The number of aromatic nitrogens is 2. The van der Waals surface area contributed by atoms with Crippen molar-refractivity contribution in [1.82, 2.24) is 15.1 Å². The number of nitrogens with one attached hydrogen (secondary N) is 2. The average Bonchev–Trinajstić information content (AvgIpc) is 3.27. The van der Waals surface area contributed by atoms with Crippen molar-refractivity contribution in [3.63, 3.8) is 0 Å². The van der Waals surface area contributed by atoms with Gasteiger partial charge in [0.1, 0.15) is 0 Å². The molecule has 2 N–H and O–H groups in total. The summed E-state index contributed by atoms with van der Waals surface area (Å²) in [5.41, 5.74) is 4.56. The Labute approximate surface area is 170 Å². The van der Waals surface area contributed by atoms with E-state index in [0.717, 1.165) is 23.5 Å². The second-order valence-electron chi connectivity index (χ2n) is 6.74. The molecule has 0 saturated carbocycles. The zero-order valence-corrected chi connectivity index (χ0v) is 16.0. The molecule has 0 aliphatic rings. The Morgan fingerprint density at radius 1 is 0.828 bits per heavy atom. The Hall–Kier alpha value is -3.86. The highest BCUT2D eigenvalue weighted by molar-refractivity contribution is 6.00. The van der Waals surface area contributed by atoms with E-state index in [1.807, 2.05) is 83.7 Å². The Morgan fingerprint density at radius 2 is 1.55 bits per heavy atom. The van der Waals surface area contributed by atoms with E-state index in [1.165, 1.54) is 5.56 Å². The highest BCUT2D eigenvalue weighted by Crippen LogP contribution is 2.20. The van der Waals surface area contributed by atoms with Gasteiger partial charge < -0.3 is 10.6 Å². The maximum atomic E-state index is 12.7. The first-order chi connectivity index (χ1) is 14.3. The second-order valence-corrected chi connectivity index (χ2v) is 6.74. The lowest BCUT2D eigenvalue weighted by molar-refractivity contribution is 0.0952. The van der Waals surface area contributed by atoms with E-state index in [4.69, 9.17) is 0 Å². The summed E-state index contributed by atoms with van der Waals surface area (Å²) in [7, 11) is 0. The fraction of sp³-hybridized carbons (Fsp3) is 0.0833. The van der Waals surface area contributed by atoms with Crippen LogP contribution in [0.15, 0.2) is 97.3 Å². The monoisotopic (exact) mass is 382 g/mol. The number of hydrogen-bond donors (Lipinski definition) is 2. The molecule has 1 heterocycles. The van der Waals surface area contributed by atoms with E-state index in [1.54, 1.807) is 6.20 Å². The average molecular weight is 382 g/mol. The van der Waals surface area contributed by atoms with Gasteiger partial charge in [0.25, 0.3) is 5.91 Å². The number of amides is 1. The third kappa shape index (κ3) is 4.90. The van der Waals surface area contributed by atoms with E-state index < -0.39 is 0 Å². The minimum Gasteiger partial charge on any atom is -0.355 e. The molecule has 0 atom stereocenters. The van der Waals surface area contributed by atoms with Gasteiger partial charge in [-0.1, -0.05) is 54.6 Å². The molecule has 1 amide bonds. The number of carbonyl (C=O) groups is 1. The molecule has 4 rings (SSSR count). The van der Waals surface area contributed by atoms with Gasteiger partial charge in [-0.2, -0.15) is 5.10 Å². The van der Waals surface area contributed by atoms with Crippen LogP contribution in [0, 0.1) is 0 Å². The van der Waals surface area contributed by atoms with E-state index >= 15 is 0 Å². The number of nitrogens with zero attached hydrogens (tertiary/aromatic N) is 2. The smallest absolute Gasteiger partial charge is 0.253 e. The standard InChI is InChI=1S/C24H22N4O/c29-24(22-9-4-5-10-23(22)27-21-7-2-1-3-8-21)25-17-19-11-13-20(14-12-19)18-28-16-6-15-26-28/h1-16,27H,17-18H2,(H,25,29). The van der Waals surface area contributed by atoms with Gasteiger partial charge in [0.15, 0.2) is 0 Å². The molecule has 0 spiro atoms. The molecule has 1 aromatic heterocycles. The Bertz CT molecular complexity index is 1060. The molecule has 0 fully saturated rings. The van der Waals surface area contributed by atoms with Crippen molar-refractivity contribution in [3.8, 4) is 0 Å². The SMILES string of the molecule is O=C(NCc1ccc(Cn2cccn2)cc1)c1ccccc1Nc1ccccc1. The maximum absolute atomic E-state index is 12.7. The van der Waals surface area contributed by atoms with Crippen LogP contribution in [0.4, 0.5) is 11.4 Å². The Morgan fingerprint density at radius 3 is 2.31 bits per heavy atom. The number of carbonyl (C=O) groups excluding carboxylic acids is 1. The number of anilines is 2. The van der Waals surface area contributed by atoms with Crippen LogP contribution in [-0.2, 0) is 13.1 Å². The van der Waals surface area contributed by atoms with E-state index in [-0.39, 0.29) is 5.91 Å². The highest BCUT2D eigenvalue weighted by Gasteiger charge is 2.11. The number of para-hydroxylation sites is 2. The van der Waals surface area contributed by atoms with Gasteiger partial charge in [-0.05, 0) is 41.5 Å². The molecule has 0 radical (unpaired) electrons. The van der Waals surface area contributed by atoms with Crippen LogP contribution < -0.4 is 10.6 Å². The fourth-order valence-electron chi connectivity index (χ4n) is 3.09. The largest absolute Gasteiger partial charge is 0.355 e. The van der Waals surface area contributed by atoms with Crippen molar-refractivity contribution in [3.05, 3.63) is 114 Å². The predicted molar refractivity (Wildman–Crippen MR) is 115 cm³/mol. The van der Waals surface area contributed by atoms with Crippen molar-refractivity contribution in [2.45, 2.75) is 13.1 Å². The van der Waals surface area contributed by atoms with Gasteiger partial charge >= 0.3 is 0 Å². The molecular weight excluding hydrogens is 360 g/mol. The second kappa shape index (κ2) is 8.89. The number of hydrogen-bond acceptors (Lipinski definition) is 3. The van der Waals surface area contributed by atoms with Crippen molar-refractivity contribution in [2.24, 2.45) is 0 Å². The quantitative estimate of drug-likeness (QED) is 0.491. The summed E-state index contributed by atoms with van der Waals surface area (Å²) in [6.07, 6.45) is 3.71. The zero-order chi connectivity index (χ0) is 19.9. The number of rotatable bonds is 7. The summed E-state index contributed by atoms with van der Waals surface area (Å²) in [5.74, 6) is -0.107. The van der Waals surface area contributed by atoms with Crippen LogP contribution >= 0.6 is 0 Å². The molecule has 5 nitrogen and oxygen atoms in total. The molecule has 0 saturated heterocycles. The van der Waals surface area contributed by atoms with Gasteiger partial charge in [-0.3, -0.25) is 9.48 Å². The van der Waals surface area contributed by atoms with Gasteiger partial charge in [0.05, 0.1) is 17.8 Å². The third-order valence-corrected chi connectivity index (χ3v) is 4.60. The normalized spacial score (nSPS) is 10.5. The van der Waals surface area contributed by atoms with Crippen LogP contribution in [0.5, 0.6) is 0 Å². The van der Waals surface area contributed by atoms with Crippen molar-refractivity contribution in [2.75, 3.05) is 5.32 Å². The first kappa shape index (κ1) is 18.5. The lowest BCUT2D eigenvalue weighted by Gasteiger charge is -2.12.